The summed E-state index contributed by atoms with van der Waals surface area (Å²) in [6.07, 6.45) is 3.14. The number of hydrogen-bond acceptors (Lipinski definition) is 7. The van der Waals surface area contributed by atoms with Crippen LogP contribution in [0.15, 0.2) is 23.8 Å². The number of nitrogens with one attached hydrogen (secondary N) is 1. The first kappa shape index (κ1) is 15.0. The number of alkyl halides is 1. The Kier molecular flexibility index (Phi) is 4.37. The van der Waals surface area contributed by atoms with Crippen LogP contribution in [-0.4, -0.2) is 54.4 Å². The number of hydrogen-bond donors (Lipinski definition) is 1. The average molecular weight is 322 g/mol. The maximum atomic E-state index is 13.9. The number of nitrogens with zero attached hydrogens (tertiary/aromatic N) is 5. The van der Waals surface area contributed by atoms with Crippen molar-refractivity contribution in [2.75, 3.05) is 42.3 Å². The molecule has 0 radical (unpaired) electrons. The number of rotatable bonds is 5. The zero-order valence-corrected chi connectivity index (χ0v) is 13.4. The van der Waals surface area contributed by atoms with Crippen LogP contribution in [0, 0.1) is 0 Å². The van der Waals surface area contributed by atoms with Crippen molar-refractivity contribution in [3.63, 3.8) is 0 Å². The molecule has 1 aliphatic heterocycles. The van der Waals surface area contributed by atoms with E-state index >= 15 is 0 Å². The topological polar surface area (TPSA) is 57.2 Å². The summed E-state index contributed by atoms with van der Waals surface area (Å²) < 4.78 is 13.9. The van der Waals surface area contributed by atoms with Crippen molar-refractivity contribution >= 4 is 28.2 Å². The van der Waals surface area contributed by atoms with Gasteiger partial charge in [0.1, 0.15) is 12.0 Å². The highest BCUT2D eigenvalue weighted by Gasteiger charge is 2.33. The van der Waals surface area contributed by atoms with Crippen LogP contribution in [0.5, 0.6) is 0 Å². The first-order chi connectivity index (χ1) is 10.6. The minimum Gasteiger partial charge on any atom is -0.359 e. The Balaban J connectivity index is 1.74. The summed E-state index contributed by atoms with van der Waals surface area (Å²) in [6, 6.07) is 1.89. The van der Waals surface area contributed by atoms with Crippen molar-refractivity contribution in [3.05, 3.63) is 23.8 Å². The Morgan fingerprint density at radius 2 is 2.27 bits per heavy atom. The Hall–Kier alpha value is -1.96. The third-order valence-electron chi connectivity index (χ3n) is 3.61. The van der Waals surface area contributed by atoms with Gasteiger partial charge < -0.3 is 15.1 Å². The molecule has 6 nitrogen and oxygen atoms in total. The second kappa shape index (κ2) is 6.43. The quantitative estimate of drug-likeness (QED) is 0.909. The van der Waals surface area contributed by atoms with Crippen LogP contribution in [0.3, 0.4) is 0 Å². The fourth-order valence-electron chi connectivity index (χ4n) is 2.56. The molecule has 1 aliphatic rings. The summed E-state index contributed by atoms with van der Waals surface area (Å²) in [4.78, 5) is 16.8. The molecule has 118 valence electrons. The minimum atomic E-state index is -0.833. The molecule has 1 fully saturated rings. The van der Waals surface area contributed by atoms with Gasteiger partial charge in [0.25, 0.3) is 0 Å². The van der Waals surface area contributed by atoms with Crippen LogP contribution < -0.4 is 15.1 Å². The molecule has 3 heterocycles. The smallest absolute Gasteiger partial charge is 0.226 e. The minimum absolute atomic E-state index is 0.0591. The van der Waals surface area contributed by atoms with Crippen LogP contribution >= 0.6 is 11.3 Å². The molecule has 0 aliphatic carbocycles. The van der Waals surface area contributed by atoms with Crippen LogP contribution in [-0.2, 0) is 0 Å². The fraction of sp³-hybridized carbons (Fsp3) is 0.500. The average Bonchev–Trinajstić information content (AvgIpc) is 3.14. The SMILES string of the molecule is CN(C)c1nccc(N2C[C@@H](F)C[C@H]2CNc2nccs2)n1. The van der Waals surface area contributed by atoms with E-state index < -0.39 is 6.17 Å². The van der Waals surface area contributed by atoms with Gasteiger partial charge in [-0.3, -0.25) is 0 Å². The molecule has 0 bridgehead atoms. The summed E-state index contributed by atoms with van der Waals surface area (Å²) in [5, 5.41) is 6.05. The highest BCUT2D eigenvalue weighted by atomic mass is 32.1. The molecule has 0 amide bonds. The van der Waals surface area contributed by atoms with Gasteiger partial charge in [0.05, 0.1) is 12.6 Å². The van der Waals surface area contributed by atoms with Crippen molar-refractivity contribution < 1.29 is 4.39 Å². The lowest BCUT2D eigenvalue weighted by Gasteiger charge is -2.26. The third kappa shape index (κ3) is 3.27. The molecular formula is C14H19FN6S. The van der Waals surface area contributed by atoms with Crippen molar-refractivity contribution in [3.8, 4) is 0 Å². The Bertz CT molecular complexity index is 605. The molecule has 1 saturated heterocycles. The normalized spacial score (nSPS) is 21.1. The molecule has 2 atom stereocenters. The number of aromatic nitrogens is 3. The van der Waals surface area contributed by atoms with E-state index in [0.717, 1.165) is 10.9 Å². The highest BCUT2D eigenvalue weighted by Crippen LogP contribution is 2.27. The van der Waals surface area contributed by atoms with Crippen molar-refractivity contribution in [2.24, 2.45) is 0 Å². The van der Waals surface area contributed by atoms with E-state index in [4.69, 9.17) is 0 Å². The van der Waals surface area contributed by atoms with E-state index in [0.29, 0.717) is 25.5 Å². The molecular weight excluding hydrogens is 303 g/mol. The summed E-state index contributed by atoms with van der Waals surface area (Å²) in [5.41, 5.74) is 0. The van der Waals surface area contributed by atoms with E-state index in [1.807, 2.05) is 35.3 Å². The molecule has 2 aromatic heterocycles. The molecule has 0 aromatic carbocycles. The lowest BCUT2D eigenvalue weighted by atomic mass is 10.2. The van der Waals surface area contributed by atoms with E-state index in [1.54, 1.807) is 23.7 Å². The molecule has 1 N–H and O–H groups in total. The lowest BCUT2D eigenvalue weighted by molar-refractivity contribution is 0.357. The number of halogens is 1. The highest BCUT2D eigenvalue weighted by molar-refractivity contribution is 7.13. The maximum Gasteiger partial charge on any atom is 0.226 e. The van der Waals surface area contributed by atoms with Gasteiger partial charge in [0, 0.05) is 44.8 Å². The molecule has 0 unspecified atom stereocenters. The fourth-order valence-corrected chi connectivity index (χ4v) is 3.10. The van der Waals surface area contributed by atoms with Crippen molar-refractivity contribution in [1.82, 2.24) is 15.0 Å². The monoisotopic (exact) mass is 322 g/mol. The van der Waals surface area contributed by atoms with Gasteiger partial charge in [0.15, 0.2) is 5.13 Å². The first-order valence-corrected chi connectivity index (χ1v) is 8.06. The maximum absolute atomic E-state index is 13.9. The first-order valence-electron chi connectivity index (χ1n) is 7.18. The van der Waals surface area contributed by atoms with Gasteiger partial charge in [-0.2, -0.15) is 4.98 Å². The van der Waals surface area contributed by atoms with Crippen molar-refractivity contribution in [2.45, 2.75) is 18.6 Å². The molecule has 0 saturated carbocycles. The second-order valence-electron chi connectivity index (χ2n) is 5.47. The second-order valence-corrected chi connectivity index (χ2v) is 6.36. The molecule has 0 spiro atoms. The summed E-state index contributed by atoms with van der Waals surface area (Å²) in [5.74, 6) is 1.40. The number of anilines is 3. The Morgan fingerprint density at radius 3 is 3.00 bits per heavy atom. The molecule has 22 heavy (non-hydrogen) atoms. The Morgan fingerprint density at radius 1 is 1.41 bits per heavy atom. The van der Waals surface area contributed by atoms with E-state index in [1.165, 1.54) is 0 Å². The van der Waals surface area contributed by atoms with Gasteiger partial charge in [-0.15, -0.1) is 11.3 Å². The van der Waals surface area contributed by atoms with E-state index in [9.17, 15) is 4.39 Å². The predicted octanol–water partition coefficient (Wildman–Crippen LogP) is 2.03. The van der Waals surface area contributed by atoms with Gasteiger partial charge in [0.2, 0.25) is 5.95 Å². The summed E-state index contributed by atoms with van der Waals surface area (Å²) in [6.45, 7) is 1.02. The molecule has 8 heteroatoms. The Labute approximate surface area is 133 Å². The zero-order chi connectivity index (χ0) is 15.5. The summed E-state index contributed by atoms with van der Waals surface area (Å²) >= 11 is 1.54. The van der Waals surface area contributed by atoms with Gasteiger partial charge in [-0.25, -0.2) is 14.4 Å². The lowest BCUT2D eigenvalue weighted by Crippen LogP contribution is -2.35. The summed E-state index contributed by atoms with van der Waals surface area (Å²) in [7, 11) is 3.78. The molecule has 3 rings (SSSR count). The van der Waals surface area contributed by atoms with E-state index in [-0.39, 0.29) is 6.04 Å². The van der Waals surface area contributed by atoms with Gasteiger partial charge >= 0.3 is 0 Å². The number of thiazole rings is 1. The van der Waals surface area contributed by atoms with Crippen LogP contribution in [0.1, 0.15) is 6.42 Å². The zero-order valence-electron chi connectivity index (χ0n) is 12.6. The van der Waals surface area contributed by atoms with Crippen LogP contribution in [0.2, 0.25) is 0 Å². The van der Waals surface area contributed by atoms with Gasteiger partial charge in [-0.05, 0) is 6.07 Å². The van der Waals surface area contributed by atoms with Crippen molar-refractivity contribution in [1.29, 1.82) is 0 Å². The van der Waals surface area contributed by atoms with E-state index in [2.05, 4.69) is 20.3 Å². The molecule has 2 aromatic rings. The van der Waals surface area contributed by atoms with Gasteiger partial charge in [-0.1, -0.05) is 0 Å². The van der Waals surface area contributed by atoms with Crippen LogP contribution in [0.4, 0.5) is 21.3 Å². The largest absolute Gasteiger partial charge is 0.359 e. The van der Waals surface area contributed by atoms with Crippen LogP contribution in [0.25, 0.3) is 0 Å². The standard InChI is InChI=1S/C14H19FN6S/c1-20(2)13-16-4-3-12(19-13)21-9-10(15)7-11(21)8-18-14-17-5-6-22-14/h3-6,10-11H,7-9H2,1-2H3,(H,17,18)/t10-,11-/m0/s1. The third-order valence-corrected chi connectivity index (χ3v) is 4.34. The predicted molar refractivity (Wildman–Crippen MR) is 87.6 cm³/mol.